The largest absolute Gasteiger partial charge is 0.505 e. The van der Waals surface area contributed by atoms with Gasteiger partial charge in [0.1, 0.15) is 11.6 Å². The molecule has 0 amide bonds. The number of ether oxygens (including phenoxy) is 3. The fourth-order valence-electron chi connectivity index (χ4n) is 6.16. The summed E-state index contributed by atoms with van der Waals surface area (Å²) in [6.07, 6.45) is 3.89. The maximum absolute atomic E-state index is 13.9. The maximum atomic E-state index is 13.9. The number of aliphatic hydroxyl groups excluding tert-OH is 1. The number of nitrogens with zero attached hydrogens (tertiary/aromatic N) is 4. The van der Waals surface area contributed by atoms with E-state index in [0.29, 0.717) is 67.0 Å². The number of anilines is 1. The third-order valence-electron chi connectivity index (χ3n) is 8.66. The van der Waals surface area contributed by atoms with Gasteiger partial charge in [0, 0.05) is 37.5 Å². The molecule has 266 valence electrons. The second kappa shape index (κ2) is 15.9. The topological polar surface area (TPSA) is 119 Å². The first-order valence-electron chi connectivity index (χ1n) is 17.1. The number of hydrogen-bond donors (Lipinski definition) is 2. The van der Waals surface area contributed by atoms with Crippen molar-refractivity contribution >= 4 is 17.4 Å². The van der Waals surface area contributed by atoms with Crippen LogP contribution in [-0.4, -0.2) is 74.4 Å². The summed E-state index contributed by atoms with van der Waals surface area (Å²) in [5.74, 6) is -2.06. The van der Waals surface area contributed by atoms with Gasteiger partial charge in [-0.2, -0.15) is 9.61 Å². The summed E-state index contributed by atoms with van der Waals surface area (Å²) in [7, 11) is 0. The van der Waals surface area contributed by atoms with Crippen LogP contribution in [0.5, 0.6) is 5.75 Å². The van der Waals surface area contributed by atoms with Gasteiger partial charge in [-0.05, 0) is 111 Å². The number of hydrogen-bond acceptors (Lipinski definition) is 9. The van der Waals surface area contributed by atoms with Gasteiger partial charge in [-0.25, -0.2) is 18.6 Å². The highest BCUT2D eigenvalue weighted by molar-refractivity contribution is 5.80. The molecule has 1 aromatic carbocycles. The second-order valence-electron chi connectivity index (χ2n) is 14.1. The number of phenols is 1. The van der Waals surface area contributed by atoms with Crippen molar-refractivity contribution in [3.63, 3.8) is 0 Å². The van der Waals surface area contributed by atoms with Crippen LogP contribution in [0.3, 0.4) is 0 Å². The van der Waals surface area contributed by atoms with Gasteiger partial charge in [-0.15, -0.1) is 0 Å². The predicted molar refractivity (Wildman–Crippen MR) is 179 cm³/mol. The standard InChI is InChI=1S/C36H52F2N4O6/c1-8-46-34(45)32(48-35(4,5)6)30-24(3)39-29-22-27(14-11-13-25-20-26(37)21-28(38)31(25)44)40-42(29)33(30)41-17-15-36(7,16-18-41)47-19-10-9-12-23(2)43/h20-23,32,43-44H,8-19H2,1-7H3. The van der Waals surface area contributed by atoms with Crippen molar-refractivity contribution in [1.82, 2.24) is 14.6 Å². The predicted octanol–water partition coefficient (Wildman–Crippen LogP) is 6.54. The van der Waals surface area contributed by atoms with Crippen molar-refractivity contribution in [2.45, 2.75) is 123 Å². The number of esters is 1. The first-order chi connectivity index (χ1) is 22.6. The number of aromatic hydroxyl groups is 1. The summed E-state index contributed by atoms with van der Waals surface area (Å²) in [4.78, 5) is 20.5. The van der Waals surface area contributed by atoms with Crippen LogP contribution >= 0.6 is 0 Å². The highest BCUT2D eigenvalue weighted by Crippen LogP contribution is 2.38. The minimum Gasteiger partial charge on any atom is -0.505 e. The van der Waals surface area contributed by atoms with Crippen LogP contribution in [0, 0.1) is 18.6 Å². The molecule has 0 spiro atoms. The second-order valence-corrected chi connectivity index (χ2v) is 14.1. The molecule has 0 aliphatic carbocycles. The van der Waals surface area contributed by atoms with Crippen molar-refractivity contribution in [1.29, 1.82) is 0 Å². The van der Waals surface area contributed by atoms with E-state index in [-0.39, 0.29) is 30.3 Å². The lowest BCUT2D eigenvalue weighted by Crippen LogP contribution is -2.46. The zero-order chi connectivity index (χ0) is 35.2. The van der Waals surface area contributed by atoms with E-state index in [9.17, 15) is 23.8 Å². The average molecular weight is 675 g/mol. The number of phenolic OH excluding ortho intramolecular Hbond substituents is 1. The molecule has 0 bridgehead atoms. The van der Waals surface area contributed by atoms with Gasteiger partial charge < -0.3 is 29.3 Å². The van der Waals surface area contributed by atoms with Crippen LogP contribution < -0.4 is 4.90 Å². The summed E-state index contributed by atoms with van der Waals surface area (Å²) in [5, 5.41) is 24.6. The third kappa shape index (κ3) is 9.63. The van der Waals surface area contributed by atoms with E-state index in [1.807, 2.05) is 33.8 Å². The van der Waals surface area contributed by atoms with Crippen LogP contribution in [0.2, 0.25) is 0 Å². The Morgan fingerprint density at radius 2 is 1.81 bits per heavy atom. The molecule has 0 saturated carbocycles. The molecule has 2 N–H and O–H groups in total. The number of unbranched alkanes of at least 4 members (excludes halogenated alkanes) is 1. The van der Waals surface area contributed by atoms with E-state index >= 15 is 0 Å². The van der Waals surface area contributed by atoms with E-state index in [1.165, 1.54) is 0 Å². The lowest BCUT2D eigenvalue weighted by atomic mass is 9.92. The Hall–Kier alpha value is -3.35. The molecular formula is C36H52F2N4O6. The number of fused-ring (bicyclic) bond motifs is 1. The van der Waals surface area contributed by atoms with Crippen LogP contribution in [0.25, 0.3) is 5.65 Å². The maximum Gasteiger partial charge on any atom is 0.340 e. The first kappa shape index (κ1) is 37.5. The zero-order valence-corrected chi connectivity index (χ0v) is 29.4. The quantitative estimate of drug-likeness (QED) is 0.137. The minimum absolute atomic E-state index is 0.195. The molecule has 3 heterocycles. The van der Waals surface area contributed by atoms with Gasteiger partial charge in [0.15, 0.2) is 23.3 Å². The third-order valence-corrected chi connectivity index (χ3v) is 8.66. The number of halogens is 2. The number of rotatable bonds is 15. The van der Waals surface area contributed by atoms with Gasteiger partial charge in [0.05, 0.1) is 35.2 Å². The molecular weight excluding hydrogens is 622 g/mol. The smallest absolute Gasteiger partial charge is 0.340 e. The van der Waals surface area contributed by atoms with Crippen molar-refractivity contribution in [2.24, 2.45) is 0 Å². The zero-order valence-electron chi connectivity index (χ0n) is 29.4. The molecule has 1 saturated heterocycles. The Morgan fingerprint density at radius 1 is 1.10 bits per heavy atom. The molecule has 48 heavy (non-hydrogen) atoms. The number of aliphatic hydroxyl groups is 1. The van der Waals surface area contributed by atoms with Crippen LogP contribution in [0.4, 0.5) is 14.6 Å². The van der Waals surface area contributed by atoms with Crippen LogP contribution in [0.1, 0.15) is 109 Å². The summed E-state index contributed by atoms with van der Waals surface area (Å²) < 4.78 is 47.7. The summed E-state index contributed by atoms with van der Waals surface area (Å²) in [5.41, 5.74) is 1.73. The molecule has 10 nitrogen and oxygen atoms in total. The molecule has 3 aromatic rings. The van der Waals surface area contributed by atoms with Gasteiger partial charge in [0.2, 0.25) is 0 Å². The van der Waals surface area contributed by atoms with Gasteiger partial charge in [0.25, 0.3) is 0 Å². The minimum atomic E-state index is -1.05. The van der Waals surface area contributed by atoms with Crippen molar-refractivity contribution in [3.8, 4) is 5.75 Å². The summed E-state index contributed by atoms with van der Waals surface area (Å²) in [6, 6.07) is 3.68. The van der Waals surface area contributed by atoms with E-state index < -0.39 is 35.1 Å². The van der Waals surface area contributed by atoms with Crippen molar-refractivity contribution < 1.29 is 38.0 Å². The van der Waals surface area contributed by atoms with Crippen molar-refractivity contribution in [2.75, 3.05) is 31.2 Å². The number of benzene rings is 1. The van der Waals surface area contributed by atoms with Gasteiger partial charge in [-0.1, -0.05) is 0 Å². The van der Waals surface area contributed by atoms with E-state index in [0.717, 1.165) is 38.2 Å². The molecule has 2 unspecified atom stereocenters. The normalized spacial score (nSPS) is 16.3. The number of piperidine rings is 1. The number of carbonyl (C=O) groups excluding carboxylic acids is 1. The summed E-state index contributed by atoms with van der Waals surface area (Å²) in [6.45, 7) is 15.3. The summed E-state index contributed by atoms with van der Waals surface area (Å²) >= 11 is 0. The highest BCUT2D eigenvalue weighted by atomic mass is 19.1. The molecule has 1 aliphatic rings. The fourth-order valence-corrected chi connectivity index (χ4v) is 6.16. The van der Waals surface area contributed by atoms with E-state index in [1.54, 1.807) is 18.4 Å². The average Bonchev–Trinajstić information content (AvgIpc) is 3.39. The lowest BCUT2D eigenvalue weighted by molar-refractivity contribution is -0.166. The Balaban J connectivity index is 1.66. The Bertz CT molecular complexity index is 1550. The number of aryl methyl sites for hydroxylation is 3. The molecule has 1 aliphatic heterocycles. The molecule has 4 rings (SSSR count). The molecule has 2 atom stereocenters. The lowest BCUT2D eigenvalue weighted by Gasteiger charge is -2.41. The first-order valence-corrected chi connectivity index (χ1v) is 17.1. The Labute approximate surface area is 282 Å². The van der Waals surface area contributed by atoms with Gasteiger partial charge >= 0.3 is 5.97 Å². The van der Waals surface area contributed by atoms with Crippen LogP contribution in [0.15, 0.2) is 18.2 Å². The Morgan fingerprint density at radius 3 is 2.46 bits per heavy atom. The van der Waals surface area contributed by atoms with Crippen LogP contribution in [-0.2, 0) is 31.8 Å². The van der Waals surface area contributed by atoms with E-state index in [4.69, 9.17) is 24.3 Å². The molecule has 1 fully saturated rings. The molecule has 2 aromatic heterocycles. The SMILES string of the molecule is CCOC(=O)C(OC(C)(C)C)c1c(C)nc2cc(CCCc3cc(F)cc(F)c3O)nn2c1N1CCC(C)(OCCCCC(C)O)CC1. The van der Waals surface area contributed by atoms with Crippen molar-refractivity contribution in [3.05, 3.63) is 52.3 Å². The molecule has 0 radical (unpaired) electrons. The van der Waals surface area contributed by atoms with E-state index in [2.05, 4.69) is 11.8 Å². The monoisotopic (exact) mass is 674 g/mol. The molecule has 12 heteroatoms. The number of aromatic nitrogens is 3. The highest BCUT2D eigenvalue weighted by Gasteiger charge is 2.38. The number of carbonyl (C=O) groups is 1. The fraction of sp³-hybridized carbons (Fsp3) is 0.639. The Kier molecular flexibility index (Phi) is 12.4. The van der Waals surface area contributed by atoms with Gasteiger partial charge in [-0.3, -0.25) is 0 Å².